The van der Waals surface area contributed by atoms with Gasteiger partial charge in [0.25, 0.3) is 0 Å². The number of aromatic amines is 2. The standard InChI is InChI=1S/C55H78N4O6/c1-13-39-34(7)41-29-46-48(38(11)60)36(9)43(57-46)27-42-35(8)40(52(58-42)50-51(55(62)63-12)54(61)49-37(10)44(59-53(49)50)28-45(39)56-41)23-24-47-64-65(47)26-25-33(6)22-16-21-32(5)20-15-19-31(4)18-14-17-30(2)3/h25,27-32,34-35,39-40,47,51H,13-24,26H2,1-12H3,(H3-,56,57,58,59,60,61)/p+1/b33-25+,42-27?,45-28?/t31-,32-,34-,35+,39-,40+,47?,51-/m1/s1. The number of H-pyrrole nitrogens is 2. The van der Waals surface area contributed by atoms with E-state index >= 15 is 0 Å². The molecule has 354 valence electrons. The molecule has 65 heavy (non-hydrogen) atoms. The molecular formula is C55H79N4O6+. The molecule has 1 unspecified atom stereocenters. The van der Waals surface area contributed by atoms with E-state index in [1.807, 2.05) is 13.8 Å². The molecular weight excluding hydrogens is 813 g/mol. The number of aryl methyl sites for hydroxylation is 2. The predicted octanol–water partition coefficient (Wildman–Crippen LogP) is 12.7. The molecule has 4 aliphatic rings. The van der Waals surface area contributed by atoms with Crippen LogP contribution in [0.4, 0.5) is 0 Å². The molecule has 7 rings (SSSR count). The number of fused-ring (bicyclic) bond motifs is 8. The minimum atomic E-state index is -1.01. The monoisotopic (exact) mass is 892 g/mol. The number of hydrogen-bond donors (Lipinski definition) is 4. The van der Waals surface area contributed by atoms with Crippen molar-refractivity contribution in [3.8, 4) is 0 Å². The Labute approximate surface area is 387 Å². The summed E-state index contributed by atoms with van der Waals surface area (Å²) in [6.45, 7) is 24.8. The van der Waals surface area contributed by atoms with Gasteiger partial charge < -0.3 is 24.9 Å². The minimum absolute atomic E-state index is 0.0119. The fourth-order valence-corrected chi connectivity index (χ4v) is 11.2. The summed E-state index contributed by atoms with van der Waals surface area (Å²) in [4.78, 5) is 37.7. The number of nitrogens with one attached hydrogen (secondary N) is 2. The van der Waals surface area contributed by atoms with Crippen molar-refractivity contribution < 1.29 is 29.1 Å². The number of nitrogens with zero attached hydrogens (tertiary/aromatic N) is 2. The quantitative estimate of drug-likeness (QED) is 0.0309. The molecule has 3 aromatic heterocycles. The predicted molar refractivity (Wildman–Crippen MR) is 263 cm³/mol. The number of carbonyl (C=O) groups is 1. The summed E-state index contributed by atoms with van der Waals surface area (Å²) in [5.74, 6) is 1.34. The Morgan fingerprint density at radius 1 is 0.846 bits per heavy atom. The number of methoxy groups -OCH3 is 1. The largest absolute Gasteiger partial charge is 0.512 e. The van der Waals surface area contributed by atoms with Crippen LogP contribution in [-0.4, -0.2) is 56.1 Å². The molecule has 3 aromatic rings. The van der Waals surface area contributed by atoms with Crippen molar-refractivity contribution >= 4 is 39.6 Å². The van der Waals surface area contributed by atoms with Gasteiger partial charge in [-0.25, -0.2) is 0 Å². The first-order valence-electron chi connectivity index (χ1n) is 25.0. The molecule has 0 saturated carbocycles. The highest BCUT2D eigenvalue weighted by atomic mass is 17.5. The van der Waals surface area contributed by atoms with Crippen molar-refractivity contribution in [3.05, 3.63) is 79.8 Å². The van der Waals surface area contributed by atoms with Gasteiger partial charge >= 0.3 is 12.3 Å². The minimum Gasteiger partial charge on any atom is -0.512 e. The van der Waals surface area contributed by atoms with E-state index in [4.69, 9.17) is 19.6 Å². The van der Waals surface area contributed by atoms with Gasteiger partial charge in [0.05, 0.1) is 36.0 Å². The first kappa shape index (κ1) is 48.5. The van der Waals surface area contributed by atoms with E-state index in [2.05, 4.69) is 94.2 Å². The summed E-state index contributed by atoms with van der Waals surface area (Å²) in [7, 11) is 1.37. The topological polar surface area (TPSA) is 139 Å². The fourth-order valence-electron chi connectivity index (χ4n) is 11.2. The molecule has 10 nitrogen and oxygen atoms in total. The van der Waals surface area contributed by atoms with Gasteiger partial charge in [0.2, 0.25) is 6.61 Å². The van der Waals surface area contributed by atoms with Crippen molar-refractivity contribution in [2.45, 2.75) is 189 Å². The summed E-state index contributed by atoms with van der Waals surface area (Å²) in [5, 5.41) is 24.4. The van der Waals surface area contributed by atoms with Crippen molar-refractivity contribution in [1.29, 1.82) is 0 Å². The number of rotatable bonds is 19. The zero-order valence-corrected chi connectivity index (χ0v) is 41.6. The van der Waals surface area contributed by atoms with E-state index in [1.54, 1.807) is 6.92 Å². The van der Waals surface area contributed by atoms with E-state index in [1.165, 1.54) is 64.0 Å². The van der Waals surface area contributed by atoms with Crippen molar-refractivity contribution in [2.24, 2.45) is 17.8 Å². The number of ether oxygens (including phenoxy) is 1. The number of esters is 1. The molecule has 0 radical (unpaired) electrons. The van der Waals surface area contributed by atoms with Crippen LogP contribution >= 0.6 is 0 Å². The summed E-state index contributed by atoms with van der Waals surface area (Å²) in [6, 6.07) is 6.28. The highest BCUT2D eigenvalue weighted by molar-refractivity contribution is 5.96. The van der Waals surface area contributed by atoms with Crippen LogP contribution < -0.4 is 10.4 Å². The Morgan fingerprint density at radius 2 is 1.46 bits per heavy atom. The Bertz CT molecular complexity index is 2550. The van der Waals surface area contributed by atoms with E-state index < -0.39 is 11.9 Å². The number of aliphatic hydroxyl groups is 2. The van der Waals surface area contributed by atoms with Gasteiger partial charge in [0.1, 0.15) is 11.7 Å². The third kappa shape index (κ3) is 10.4. The van der Waals surface area contributed by atoms with E-state index in [-0.39, 0.29) is 41.5 Å². The maximum absolute atomic E-state index is 13.7. The molecule has 1 saturated heterocycles. The summed E-state index contributed by atoms with van der Waals surface area (Å²) in [6.07, 6.45) is 16.3. The maximum Gasteiger partial charge on any atom is 0.370 e. The number of allylic oxidation sites excluding steroid dienone is 1. The molecule has 3 aliphatic heterocycles. The van der Waals surface area contributed by atoms with E-state index in [0.29, 0.717) is 22.9 Å². The molecule has 4 N–H and O–H groups in total. The molecule has 1 aliphatic carbocycles. The van der Waals surface area contributed by atoms with Crippen LogP contribution in [0, 0.1) is 31.6 Å². The molecule has 8 atom stereocenters. The van der Waals surface area contributed by atoms with Gasteiger partial charge in [-0.2, -0.15) is 4.52 Å². The van der Waals surface area contributed by atoms with Crippen LogP contribution in [0.25, 0.3) is 33.6 Å². The molecule has 0 aromatic carbocycles. The number of aromatic nitrogens is 4. The Morgan fingerprint density at radius 3 is 2.12 bits per heavy atom. The Hall–Kier alpha value is -4.41. The number of hydrogen-bond acceptors (Lipinski definition) is 7. The van der Waals surface area contributed by atoms with Gasteiger partial charge in [-0.05, 0) is 111 Å². The second-order valence-electron chi connectivity index (χ2n) is 20.8. The van der Waals surface area contributed by atoms with Crippen LogP contribution in [0.2, 0.25) is 0 Å². The van der Waals surface area contributed by atoms with Crippen molar-refractivity contribution in [3.63, 3.8) is 0 Å². The fraction of sp³-hybridized carbons (Fsp3) is 0.618. The average Bonchev–Trinajstić information content (AvgIpc) is 3.39. The van der Waals surface area contributed by atoms with Gasteiger partial charge in [-0.1, -0.05) is 99.0 Å². The third-order valence-corrected chi connectivity index (χ3v) is 15.4. The lowest BCUT2D eigenvalue weighted by Gasteiger charge is -2.19. The first-order valence-corrected chi connectivity index (χ1v) is 25.0. The van der Waals surface area contributed by atoms with Crippen LogP contribution in [-0.2, 0) is 18.9 Å². The zero-order chi connectivity index (χ0) is 46.9. The second kappa shape index (κ2) is 20.6. The number of carbonyl (C=O) groups excluding carboxylic acids is 1. The van der Waals surface area contributed by atoms with E-state index in [9.17, 15) is 15.0 Å². The summed E-state index contributed by atoms with van der Waals surface area (Å²) in [5.41, 5.74) is 10.6. The van der Waals surface area contributed by atoms with Gasteiger partial charge in [-0.15, -0.1) is 0 Å². The SMILES string of the molecule is CC[C@H]1c2cc3[nH]c4c(c5nc(cc6[nH]c(cc(n2)[C@@H]1C)c(=C(C)O)c6C)[C@@H](C)[C@@H]5CCC1O[O+]1C/C=C(\C)CCC[C@H](C)CCC[C@H](C)CCCC(C)C)[C@@H](C(=O)OC)C(O)=c4c3C. The highest BCUT2D eigenvalue weighted by Gasteiger charge is 2.49. The molecule has 0 spiro atoms. The van der Waals surface area contributed by atoms with Gasteiger partial charge in [-0.3, -0.25) is 14.8 Å². The maximum atomic E-state index is 13.7. The number of aliphatic hydroxyl groups excluding tert-OH is 2. The van der Waals surface area contributed by atoms with Crippen LogP contribution in [0.1, 0.15) is 208 Å². The smallest absolute Gasteiger partial charge is 0.370 e. The molecule has 6 heterocycles. The molecule has 10 heteroatoms. The average molecular weight is 892 g/mol. The van der Waals surface area contributed by atoms with Crippen LogP contribution in [0.3, 0.4) is 0 Å². The Kier molecular flexibility index (Phi) is 15.4. The second-order valence-corrected chi connectivity index (χ2v) is 20.8. The lowest BCUT2D eigenvalue weighted by atomic mass is 9.84. The van der Waals surface area contributed by atoms with Crippen LogP contribution in [0.15, 0.2) is 29.8 Å². The lowest BCUT2D eigenvalue weighted by molar-refractivity contribution is -0.141. The van der Waals surface area contributed by atoms with E-state index in [0.717, 1.165) is 99.1 Å². The third-order valence-electron chi connectivity index (χ3n) is 15.4. The summed E-state index contributed by atoms with van der Waals surface area (Å²) < 4.78 is 8.38. The zero-order valence-electron chi connectivity index (χ0n) is 41.6. The summed E-state index contributed by atoms with van der Waals surface area (Å²) >= 11 is 0. The first-order chi connectivity index (χ1) is 31.0. The van der Waals surface area contributed by atoms with Crippen molar-refractivity contribution in [1.82, 2.24) is 19.9 Å². The molecule has 0 amide bonds. The highest BCUT2D eigenvalue weighted by Crippen LogP contribution is 2.47. The Balaban J connectivity index is 1.13. The molecule has 1 fully saturated rings. The van der Waals surface area contributed by atoms with Gasteiger partial charge in [0.15, 0.2) is 0 Å². The molecule has 8 bridgehead atoms. The van der Waals surface area contributed by atoms with Gasteiger partial charge in [0, 0.05) is 67.8 Å². The van der Waals surface area contributed by atoms with Crippen molar-refractivity contribution in [2.75, 3.05) is 13.7 Å². The van der Waals surface area contributed by atoms with Crippen LogP contribution in [0.5, 0.6) is 0 Å². The lowest BCUT2D eigenvalue weighted by Crippen LogP contribution is -2.18. The normalized spacial score (nSPS) is 23.3.